The average molecular weight is 504 g/mol. The molecule has 190 valence electrons. The lowest BCUT2D eigenvalue weighted by Crippen LogP contribution is -2.33. The van der Waals surface area contributed by atoms with Crippen molar-refractivity contribution in [3.8, 4) is 11.5 Å². The van der Waals surface area contributed by atoms with Crippen molar-refractivity contribution in [3.05, 3.63) is 70.6 Å². The predicted molar refractivity (Wildman–Crippen MR) is 149 cm³/mol. The van der Waals surface area contributed by atoms with Crippen LogP contribution in [0.3, 0.4) is 0 Å². The summed E-state index contributed by atoms with van der Waals surface area (Å²) in [6.45, 7) is 6.21. The lowest BCUT2D eigenvalue weighted by molar-refractivity contribution is 0.103. The first kappa shape index (κ1) is 25.0. The van der Waals surface area contributed by atoms with Crippen molar-refractivity contribution >= 4 is 27.2 Å². The Morgan fingerprint density at radius 3 is 2.61 bits per heavy atom. The van der Waals surface area contributed by atoms with Gasteiger partial charge < -0.3 is 9.84 Å². The Morgan fingerprint density at radius 2 is 1.81 bits per heavy atom. The van der Waals surface area contributed by atoms with Crippen LogP contribution in [-0.2, 0) is 5.41 Å². The normalized spacial score (nSPS) is 22.1. The van der Waals surface area contributed by atoms with Crippen molar-refractivity contribution in [3.63, 3.8) is 0 Å². The number of piperidine rings is 1. The number of ketones is 1. The quantitative estimate of drug-likeness (QED) is 0.268. The molecule has 1 aliphatic heterocycles. The van der Waals surface area contributed by atoms with Crippen LogP contribution < -0.4 is 4.74 Å². The molecule has 5 rings (SSSR count). The topological polar surface area (TPSA) is 49.8 Å². The molecule has 2 aromatic carbocycles. The van der Waals surface area contributed by atoms with Crippen molar-refractivity contribution in [2.45, 2.75) is 63.7 Å². The molecule has 5 heteroatoms. The molecule has 1 fully saturated rings. The number of fused-ring (bicyclic) bond motifs is 1. The Labute approximate surface area is 218 Å². The Bertz CT molecular complexity index is 1220. The molecule has 2 heterocycles. The third-order valence-corrected chi connectivity index (χ3v) is 9.15. The molecular formula is C31H37NO3S. The molecule has 0 radical (unpaired) electrons. The van der Waals surface area contributed by atoms with Gasteiger partial charge in [0.25, 0.3) is 0 Å². The molecule has 1 atom stereocenters. The minimum Gasteiger partial charge on any atom is -0.508 e. The fourth-order valence-electron chi connectivity index (χ4n) is 5.58. The number of hydrogen-bond acceptors (Lipinski definition) is 5. The highest BCUT2D eigenvalue weighted by Gasteiger charge is 2.33. The number of nitrogens with zero attached hydrogens (tertiary/aromatic N) is 1. The Morgan fingerprint density at radius 1 is 1.03 bits per heavy atom. The average Bonchev–Trinajstić information content (AvgIpc) is 3.26. The smallest absolute Gasteiger partial charge is 0.194 e. The molecule has 0 bridgehead atoms. The number of carbonyl (C=O) groups is 1. The Kier molecular flexibility index (Phi) is 7.78. The van der Waals surface area contributed by atoms with Gasteiger partial charge in [-0.05, 0) is 87.7 Å². The molecule has 0 saturated carbocycles. The fraction of sp³-hybridized carbons (Fsp3) is 0.452. The molecule has 0 spiro atoms. The van der Waals surface area contributed by atoms with Crippen LogP contribution in [0.4, 0.5) is 0 Å². The van der Waals surface area contributed by atoms with Crippen molar-refractivity contribution < 1.29 is 14.6 Å². The maximum absolute atomic E-state index is 14.0. The zero-order chi connectivity index (χ0) is 25.0. The standard InChI is InChI=1S/C31H37NO3S/c1-31(16-6-3-2-4-7-17-31)30-28(26-15-12-24(33)22-27(26)36-30)29(34)23-10-13-25(14-11-23)35-21-20-32-18-8-5-9-19-32/h6,10-16,22,33H,2-5,7-9,17-21H2,1H3/b16-6-. The number of carbonyl (C=O) groups excluding carboxylic acids is 1. The van der Waals surface area contributed by atoms with Crippen LogP contribution in [0.5, 0.6) is 11.5 Å². The number of hydrogen-bond donors (Lipinski definition) is 1. The second-order valence-corrected chi connectivity index (χ2v) is 11.6. The first-order valence-electron chi connectivity index (χ1n) is 13.5. The Balaban J connectivity index is 1.40. The number of benzene rings is 2. The second-order valence-electron chi connectivity index (χ2n) is 10.5. The van der Waals surface area contributed by atoms with Gasteiger partial charge in [-0.3, -0.25) is 9.69 Å². The lowest BCUT2D eigenvalue weighted by Gasteiger charge is -2.28. The van der Waals surface area contributed by atoms with E-state index in [2.05, 4.69) is 24.0 Å². The molecule has 4 nitrogen and oxygen atoms in total. The number of phenols is 1. The molecular weight excluding hydrogens is 466 g/mol. The predicted octanol–water partition coefficient (Wildman–Crippen LogP) is 7.48. The van der Waals surface area contributed by atoms with Gasteiger partial charge >= 0.3 is 0 Å². The van der Waals surface area contributed by atoms with Gasteiger partial charge in [0, 0.05) is 38.0 Å². The van der Waals surface area contributed by atoms with Crippen molar-refractivity contribution in [2.75, 3.05) is 26.2 Å². The van der Waals surface area contributed by atoms with Gasteiger partial charge in [0.15, 0.2) is 5.78 Å². The highest BCUT2D eigenvalue weighted by Crippen LogP contribution is 2.45. The summed E-state index contributed by atoms with van der Waals surface area (Å²) in [7, 11) is 0. The van der Waals surface area contributed by atoms with E-state index in [4.69, 9.17) is 4.74 Å². The molecule has 1 unspecified atom stereocenters. The van der Waals surface area contributed by atoms with Gasteiger partial charge in [0.2, 0.25) is 0 Å². The summed E-state index contributed by atoms with van der Waals surface area (Å²) < 4.78 is 6.95. The molecule has 36 heavy (non-hydrogen) atoms. The third kappa shape index (κ3) is 5.52. The highest BCUT2D eigenvalue weighted by atomic mass is 32.1. The minimum absolute atomic E-state index is 0.0403. The zero-order valence-corrected chi connectivity index (χ0v) is 22.1. The molecule has 2 aliphatic rings. The number of likely N-dealkylation sites (tertiary alicyclic amines) is 1. The lowest BCUT2D eigenvalue weighted by atomic mass is 9.78. The van der Waals surface area contributed by atoms with Gasteiger partial charge in [-0.25, -0.2) is 0 Å². The summed E-state index contributed by atoms with van der Waals surface area (Å²) >= 11 is 1.65. The van der Waals surface area contributed by atoms with Crippen molar-refractivity contribution in [1.29, 1.82) is 0 Å². The molecule has 3 aromatic rings. The second kappa shape index (κ2) is 11.2. The van der Waals surface area contributed by atoms with Crippen LogP contribution >= 0.6 is 11.3 Å². The van der Waals surface area contributed by atoms with Gasteiger partial charge in [-0.1, -0.05) is 38.3 Å². The van der Waals surface area contributed by atoms with E-state index in [-0.39, 0.29) is 16.9 Å². The van der Waals surface area contributed by atoms with Crippen LogP contribution in [0.2, 0.25) is 0 Å². The van der Waals surface area contributed by atoms with Gasteiger partial charge in [0.05, 0.1) is 0 Å². The van der Waals surface area contributed by atoms with E-state index in [0.717, 1.165) is 52.1 Å². The molecule has 1 aromatic heterocycles. The van der Waals surface area contributed by atoms with Gasteiger partial charge in [0.1, 0.15) is 18.1 Å². The Hall–Kier alpha value is -2.63. The molecule has 1 N–H and O–H groups in total. The summed E-state index contributed by atoms with van der Waals surface area (Å²) in [5.41, 5.74) is 1.26. The van der Waals surface area contributed by atoms with Crippen LogP contribution in [0.15, 0.2) is 54.6 Å². The molecule has 1 saturated heterocycles. The number of allylic oxidation sites excluding steroid dienone is 2. The fourth-order valence-corrected chi connectivity index (χ4v) is 6.97. The van der Waals surface area contributed by atoms with E-state index in [9.17, 15) is 9.90 Å². The monoisotopic (exact) mass is 503 g/mol. The zero-order valence-electron chi connectivity index (χ0n) is 21.3. The summed E-state index contributed by atoms with van der Waals surface area (Å²) in [6, 6.07) is 13.0. The summed E-state index contributed by atoms with van der Waals surface area (Å²) in [5, 5.41) is 11.0. The van der Waals surface area contributed by atoms with Crippen LogP contribution in [0, 0.1) is 0 Å². The van der Waals surface area contributed by atoms with E-state index < -0.39 is 0 Å². The van der Waals surface area contributed by atoms with E-state index in [0.29, 0.717) is 12.2 Å². The number of rotatable bonds is 7. The highest BCUT2D eigenvalue weighted by molar-refractivity contribution is 7.19. The summed E-state index contributed by atoms with van der Waals surface area (Å²) in [4.78, 5) is 17.5. The van der Waals surface area contributed by atoms with E-state index in [1.165, 1.54) is 45.2 Å². The third-order valence-electron chi connectivity index (χ3n) is 7.71. The SMILES string of the molecule is CC1(c2sc3cc(O)ccc3c2C(=O)c2ccc(OCCN3CCCCC3)cc2)/C=C\CCCCC1. The van der Waals surface area contributed by atoms with Gasteiger partial charge in [-0.2, -0.15) is 0 Å². The molecule has 1 aliphatic carbocycles. The molecule has 0 amide bonds. The van der Waals surface area contributed by atoms with Crippen LogP contribution in [-0.4, -0.2) is 42.0 Å². The number of ether oxygens (including phenoxy) is 1. The maximum Gasteiger partial charge on any atom is 0.194 e. The van der Waals surface area contributed by atoms with Crippen molar-refractivity contribution in [1.82, 2.24) is 4.90 Å². The van der Waals surface area contributed by atoms with Gasteiger partial charge in [-0.15, -0.1) is 11.3 Å². The maximum atomic E-state index is 14.0. The van der Waals surface area contributed by atoms with Crippen molar-refractivity contribution in [2.24, 2.45) is 0 Å². The number of thiophene rings is 1. The summed E-state index contributed by atoms with van der Waals surface area (Å²) in [6.07, 6.45) is 14.2. The van der Waals surface area contributed by atoms with E-state index in [1.807, 2.05) is 30.3 Å². The first-order valence-corrected chi connectivity index (χ1v) is 14.3. The minimum atomic E-state index is -0.192. The van der Waals surface area contributed by atoms with E-state index in [1.54, 1.807) is 23.5 Å². The largest absolute Gasteiger partial charge is 0.508 e. The van der Waals surface area contributed by atoms with Crippen LogP contribution in [0.25, 0.3) is 10.1 Å². The number of phenolic OH excluding ortho intramolecular Hbond substituents is 1. The first-order chi connectivity index (χ1) is 17.5. The van der Waals surface area contributed by atoms with Crippen LogP contribution in [0.1, 0.15) is 79.1 Å². The summed E-state index contributed by atoms with van der Waals surface area (Å²) in [5.74, 6) is 1.08. The number of aromatic hydroxyl groups is 1. The van der Waals surface area contributed by atoms with E-state index >= 15 is 0 Å².